The van der Waals surface area contributed by atoms with Gasteiger partial charge >= 0.3 is 0 Å². The van der Waals surface area contributed by atoms with Gasteiger partial charge in [-0.1, -0.05) is 43.4 Å². The average molecular weight is 360 g/mol. The lowest BCUT2D eigenvalue weighted by atomic mass is 10.1. The van der Waals surface area contributed by atoms with Crippen LogP contribution in [0.3, 0.4) is 0 Å². The molecule has 0 radical (unpaired) electrons. The molecule has 2 aromatic heterocycles. The number of hydrogen-bond acceptors (Lipinski definition) is 6. The normalized spacial score (nSPS) is 11.6. The summed E-state index contributed by atoms with van der Waals surface area (Å²) in [5.74, 6) is 0.208. The van der Waals surface area contributed by atoms with Gasteiger partial charge in [0.1, 0.15) is 5.01 Å². The van der Waals surface area contributed by atoms with E-state index >= 15 is 0 Å². The largest absolute Gasteiger partial charge is 0.264 e. The van der Waals surface area contributed by atoms with Crippen LogP contribution in [-0.4, -0.2) is 23.6 Å². The first-order valence-electron chi connectivity index (χ1n) is 7.32. The number of pyridine rings is 1. The summed E-state index contributed by atoms with van der Waals surface area (Å²) in [6.07, 6.45) is 3.43. The van der Waals surface area contributed by atoms with Crippen LogP contribution in [-0.2, 0) is 10.0 Å². The molecule has 124 valence electrons. The number of benzene rings is 1. The summed E-state index contributed by atoms with van der Waals surface area (Å²) in [4.78, 5) is 4.24. The predicted octanol–water partition coefficient (Wildman–Crippen LogP) is 3.52. The molecule has 0 saturated heterocycles. The van der Waals surface area contributed by atoms with E-state index in [1.54, 1.807) is 36.7 Å². The van der Waals surface area contributed by atoms with Crippen LogP contribution in [0.5, 0.6) is 0 Å². The van der Waals surface area contributed by atoms with Crippen LogP contribution in [0.15, 0.2) is 53.7 Å². The third-order valence-electron chi connectivity index (χ3n) is 3.32. The minimum atomic E-state index is -3.68. The van der Waals surface area contributed by atoms with Gasteiger partial charge in [-0.2, -0.15) is 0 Å². The fourth-order valence-corrected chi connectivity index (χ4v) is 4.02. The Morgan fingerprint density at radius 3 is 2.38 bits per heavy atom. The maximum atomic E-state index is 12.4. The molecule has 8 heteroatoms. The van der Waals surface area contributed by atoms with Gasteiger partial charge in [0.15, 0.2) is 0 Å². The highest BCUT2D eigenvalue weighted by atomic mass is 32.2. The quantitative estimate of drug-likeness (QED) is 0.752. The molecule has 0 aliphatic heterocycles. The van der Waals surface area contributed by atoms with Crippen molar-refractivity contribution in [2.24, 2.45) is 0 Å². The van der Waals surface area contributed by atoms with Crippen LogP contribution in [0.1, 0.15) is 24.8 Å². The maximum Gasteiger partial charge on any atom is 0.263 e. The van der Waals surface area contributed by atoms with Gasteiger partial charge in [-0.25, -0.2) is 8.42 Å². The zero-order chi connectivity index (χ0) is 17.2. The molecule has 1 N–H and O–H groups in total. The van der Waals surface area contributed by atoms with Crippen molar-refractivity contribution in [2.45, 2.75) is 24.7 Å². The van der Waals surface area contributed by atoms with Gasteiger partial charge in [0, 0.05) is 18.3 Å². The molecule has 3 rings (SSSR count). The van der Waals surface area contributed by atoms with Crippen molar-refractivity contribution >= 4 is 26.5 Å². The lowest BCUT2D eigenvalue weighted by molar-refractivity contribution is 0.601. The molecular formula is C16H16N4O2S2. The Hall–Kier alpha value is -2.32. The second-order valence-corrected chi connectivity index (χ2v) is 8.16. The number of aromatic nitrogens is 3. The number of nitrogens with one attached hydrogen (secondary N) is 1. The predicted molar refractivity (Wildman–Crippen MR) is 94.5 cm³/mol. The van der Waals surface area contributed by atoms with Crippen LogP contribution < -0.4 is 4.72 Å². The molecule has 24 heavy (non-hydrogen) atoms. The van der Waals surface area contributed by atoms with E-state index in [0.29, 0.717) is 0 Å². The SMILES string of the molecule is CC(C)c1nnc(NS(=O)(=O)c2ccc(-c3cccnc3)cc2)s1. The first-order valence-corrected chi connectivity index (χ1v) is 9.62. The van der Waals surface area contributed by atoms with E-state index in [-0.39, 0.29) is 15.9 Å². The highest BCUT2D eigenvalue weighted by molar-refractivity contribution is 7.93. The van der Waals surface area contributed by atoms with Gasteiger partial charge < -0.3 is 0 Å². The van der Waals surface area contributed by atoms with Crippen LogP contribution >= 0.6 is 11.3 Å². The van der Waals surface area contributed by atoms with Gasteiger partial charge in [-0.3, -0.25) is 9.71 Å². The van der Waals surface area contributed by atoms with Crippen LogP contribution in [0.25, 0.3) is 11.1 Å². The molecule has 0 amide bonds. The second-order valence-electron chi connectivity index (χ2n) is 5.47. The van der Waals surface area contributed by atoms with Crippen LogP contribution in [0.4, 0.5) is 5.13 Å². The van der Waals surface area contributed by atoms with E-state index < -0.39 is 10.0 Å². The zero-order valence-corrected chi connectivity index (χ0v) is 14.8. The zero-order valence-electron chi connectivity index (χ0n) is 13.2. The Morgan fingerprint density at radius 2 is 1.79 bits per heavy atom. The molecule has 0 bridgehead atoms. The lowest BCUT2D eigenvalue weighted by Crippen LogP contribution is -2.12. The molecular weight excluding hydrogens is 344 g/mol. The molecule has 0 atom stereocenters. The third kappa shape index (κ3) is 3.60. The summed E-state index contributed by atoms with van der Waals surface area (Å²) in [5.41, 5.74) is 1.83. The van der Waals surface area contributed by atoms with Crippen molar-refractivity contribution in [3.8, 4) is 11.1 Å². The van der Waals surface area contributed by atoms with Crippen molar-refractivity contribution in [3.05, 3.63) is 53.8 Å². The van der Waals surface area contributed by atoms with Crippen molar-refractivity contribution < 1.29 is 8.42 Å². The monoisotopic (exact) mass is 360 g/mol. The lowest BCUT2D eigenvalue weighted by Gasteiger charge is -2.06. The Morgan fingerprint density at radius 1 is 1.04 bits per heavy atom. The minimum Gasteiger partial charge on any atom is -0.264 e. The summed E-state index contributed by atoms with van der Waals surface area (Å²) < 4.78 is 27.4. The molecule has 2 heterocycles. The molecule has 0 fully saturated rings. The molecule has 0 aliphatic carbocycles. The van der Waals surface area contributed by atoms with Gasteiger partial charge in [0.2, 0.25) is 5.13 Å². The van der Waals surface area contributed by atoms with E-state index in [1.165, 1.54) is 11.3 Å². The van der Waals surface area contributed by atoms with Crippen LogP contribution in [0, 0.1) is 0 Å². The fourth-order valence-electron chi connectivity index (χ4n) is 2.04. The highest BCUT2D eigenvalue weighted by Crippen LogP contribution is 2.25. The van der Waals surface area contributed by atoms with E-state index in [0.717, 1.165) is 16.1 Å². The first kappa shape index (κ1) is 16.5. The Balaban J connectivity index is 1.82. The molecule has 1 aromatic carbocycles. The van der Waals surface area contributed by atoms with Gasteiger partial charge in [-0.15, -0.1) is 10.2 Å². The Bertz CT molecular complexity index is 920. The molecule has 0 saturated carbocycles. The van der Waals surface area contributed by atoms with Crippen LogP contribution in [0.2, 0.25) is 0 Å². The average Bonchev–Trinajstić information content (AvgIpc) is 3.04. The summed E-state index contributed by atoms with van der Waals surface area (Å²) in [6, 6.07) is 10.4. The summed E-state index contributed by atoms with van der Waals surface area (Å²) >= 11 is 1.24. The number of rotatable bonds is 5. The Labute approximate surface area is 144 Å². The summed E-state index contributed by atoms with van der Waals surface area (Å²) in [5, 5.41) is 8.93. The van der Waals surface area contributed by atoms with Gasteiger partial charge in [0.25, 0.3) is 10.0 Å². The molecule has 0 aliphatic rings. The number of sulfonamides is 1. The van der Waals surface area contributed by atoms with Crippen molar-refractivity contribution in [1.29, 1.82) is 0 Å². The van der Waals surface area contributed by atoms with E-state index in [2.05, 4.69) is 19.9 Å². The highest BCUT2D eigenvalue weighted by Gasteiger charge is 2.17. The smallest absolute Gasteiger partial charge is 0.263 e. The van der Waals surface area contributed by atoms with Crippen molar-refractivity contribution in [1.82, 2.24) is 15.2 Å². The number of anilines is 1. The van der Waals surface area contributed by atoms with E-state index in [9.17, 15) is 8.42 Å². The molecule has 0 spiro atoms. The number of hydrogen-bond donors (Lipinski definition) is 1. The second kappa shape index (κ2) is 6.66. The maximum absolute atomic E-state index is 12.4. The standard InChI is InChI=1S/C16H16N4O2S2/c1-11(2)15-18-19-16(23-15)20-24(21,22)14-7-5-12(6-8-14)13-4-3-9-17-10-13/h3-11H,1-2H3,(H,19,20). The van der Waals surface area contributed by atoms with E-state index in [4.69, 9.17) is 0 Å². The Kier molecular flexibility index (Phi) is 4.59. The first-order chi connectivity index (χ1) is 11.5. The summed E-state index contributed by atoms with van der Waals surface area (Å²) in [7, 11) is -3.68. The molecule has 0 unspecified atom stereocenters. The minimum absolute atomic E-state index is 0.177. The third-order valence-corrected chi connectivity index (χ3v) is 5.94. The van der Waals surface area contributed by atoms with Gasteiger partial charge in [0.05, 0.1) is 4.90 Å². The van der Waals surface area contributed by atoms with E-state index in [1.807, 2.05) is 26.0 Å². The molecule has 3 aromatic rings. The topological polar surface area (TPSA) is 84.8 Å². The van der Waals surface area contributed by atoms with Crippen molar-refractivity contribution in [2.75, 3.05) is 4.72 Å². The number of nitrogens with zero attached hydrogens (tertiary/aromatic N) is 3. The fraction of sp³-hybridized carbons (Fsp3) is 0.188. The van der Waals surface area contributed by atoms with Crippen molar-refractivity contribution in [3.63, 3.8) is 0 Å². The summed E-state index contributed by atoms with van der Waals surface area (Å²) in [6.45, 7) is 3.96. The van der Waals surface area contributed by atoms with Gasteiger partial charge in [-0.05, 0) is 29.3 Å². The molecule has 6 nitrogen and oxygen atoms in total.